The molecule has 0 unspecified atom stereocenters. The van der Waals surface area contributed by atoms with Crippen molar-refractivity contribution < 1.29 is 14.0 Å². The van der Waals surface area contributed by atoms with E-state index in [9.17, 15) is 14.0 Å². The molecule has 3 heterocycles. The van der Waals surface area contributed by atoms with Crippen LogP contribution in [0.2, 0.25) is 0 Å². The van der Waals surface area contributed by atoms with Gasteiger partial charge in [-0.3, -0.25) is 9.78 Å². The molecule has 2 saturated heterocycles. The van der Waals surface area contributed by atoms with Gasteiger partial charge in [0.25, 0.3) is 5.91 Å². The highest BCUT2D eigenvalue weighted by Crippen LogP contribution is 2.45. The number of amides is 3. The van der Waals surface area contributed by atoms with Crippen molar-refractivity contribution in [3.8, 4) is 0 Å². The van der Waals surface area contributed by atoms with Crippen molar-refractivity contribution in [3.05, 3.63) is 65.7 Å². The van der Waals surface area contributed by atoms with Crippen molar-refractivity contribution in [1.82, 2.24) is 19.7 Å². The molecular weight excluding hydrogens is 359 g/mol. The third kappa shape index (κ3) is 3.21. The molecule has 2 aliphatic rings. The highest BCUT2D eigenvalue weighted by Gasteiger charge is 2.50. The van der Waals surface area contributed by atoms with Crippen LogP contribution in [0.5, 0.6) is 0 Å². The van der Waals surface area contributed by atoms with Crippen molar-refractivity contribution in [2.75, 3.05) is 33.7 Å². The lowest BCUT2D eigenvalue weighted by Gasteiger charge is -2.32. The molecule has 3 amide bonds. The monoisotopic (exact) mass is 382 g/mol. The van der Waals surface area contributed by atoms with Crippen LogP contribution in [-0.4, -0.2) is 65.4 Å². The number of pyridine rings is 1. The number of carbonyl (C=O) groups excluding carboxylic acids is 2. The van der Waals surface area contributed by atoms with Crippen LogP contribution in [0, 0.1) is 17.7 Å². The number of nitrogens with zero attached hydrogens (tertiary/aromatic N) is 4. The average Bonchev–Trinajstić information content (AvgIpc) is 3.25. The molecule has 0 spiro atoms. The summed E-state index contributed by atoms with van der Waals surface area (Å²) in [6.07, 6.45) is 3.22. The van der Waals surface area contributed by atoms with E-state index >= 15 is 0 Å². The molecule has 1 aromatic heterocycles. The minimum absolute atomic E-state index is 0.0275. The fourth-order valence-corrected chi connectivity index (χ4v) is 4.46. The van der Waals surface area contributed by atoms with Crippen LogP contribution in [0.4, 0.5) is 9.18 Å². The molecule has 0 N–H and O–H groups in total. The van der Waals surface area contributed by atoms with E-state index < -0.39 is 0 Å². The van der Waals surface area contributed by atoms with Crippen LogP contribution in [0.15, 0.2) is 48.8 Å². The third-order valence-electron chi connectivity index (χ3n) is 5.70. The van der Waals surface area contributed by atoms with Gasteiger partial charge in [0, 0.05) is 63.5 Å². The van der Waals surface area contributed by atoms with Crippen LogP contribution in [-0.2, 0) is 0 Å². The number of rotatable bonds is 2. The Labute approximate surface area is 163 Å². The summed E-state index contributed by atoms with van der Waals surface area (Å²) in [4.78, 5) is 34.8. The van der Waals surface area contributed by atoms with Crippen molar-refractivity contribution in [1.29, 1.82) is 0 Å². The lowest BCUT2D eigenvalue weighted by Crippen LogP contribution is -2.42. The Morgan fingerprint density at radius 1 is 1.11 bits per heavy atom. The highest BCUT2D eigenvalue weighted by atomic mass is 19.1. The van der Waals surface area contributed by atoms with Crippen molar-refractivity contribution in [2.45, 2.75) is 6.04 Å². The van der Waals surface area contributed by atoms with Gasteiger partial charge in [0.2, 0.25) is 0 Å². The van der Waals surface area contributed by atoms with E-state index in [1.807, 2.05) is 15.9 Å². The average molecular weight is 382 g/mol. The van der Waals surface area contributed by atoms with Gasteiger partial charge in [-0.25, -0.2) is 9.18 Å². The molecule has 2 aliphatic heterocycles. The molecule has 7 heteroatoms. The van der Waals surface area contributed by atoms with E-state index in [1.165, 1.54) is 12.1 Å². The van der Waals surface area contributed by atoms with Crippen LogP contribution in [0.1, 0.15) is 22.0 Å². The van der Waals surface area contributed by atoms with Gasteiger partial charge in [-0.2, -0.15) is 0 Å². The number of benzene rings is 1. The van der Waals surface area contributed by atoms with Gasteiger partial charge in [-0.1, -0.05) is 12.1 Å². The molecule has 2 aromatic rings. The number of carbonyl (C=O) groups is 2. The van der Waals surface area contributed by atoms with Crippen LogP contribution >= 0.6 is 0 Å². The summed E-state index contributed by atoms with van der Waals surface area (Å²) in [7, 11) is 3.44. The predicted molar refractivity (Wildman–Crippen MR) is 102 cm³/mol. The third-order valence-corrected chi connectivity index (χ3v) is 5.70. The molecule has 0 saturated carbocycles. The number of aromatic nitrogens is 1. The number of hydrogen-bond donors (Lipinski definition) is 0. The lowest BCUT2D eigenvalue weighted by molar-refractivity contribution is 0.0766. The zero-order chi connectivity index (χ0) is 19.8. The highest BCUT2D eigenvalue weighted by molar-refractivity contribution is 5.94. The van der Waals surface area contributed by atoms with Gasteiger partial charge >= 0.3 is 6.03 Å². The smallest absolute Gasteiger partial charge is 0.320 e. The van der Waals surface area contributed by atoms with Crippen LogP contribution in [0.3, 0.4) is 0 Å². The molecule has 4 rings (SSSR count). The molecule has 1 aromatic carbocycles. The molecule has 3 atom stereocenters. The zero-order valence-electron chi connectivity index (χ0n) is 16.0. The Morgan fingerprint density at radius 3 is 2.54 bits per heavy atom. The SMILES string of the molecule is CN(C)C(=O)N1C[C@H]2CN(C(=O)c3ccncc3)C[C@H]2[C@@H]1c1cccc(F)c1. The maximum atomic E-state index is 13.9. The van der Waals surface area contributed by atoms with E-state index in [0.29, 0.717) is 25.2 Å². The summed E-state index contributed by atoms with van der Waals surface area (Å²) < 4.78 is 13.9. The van der Waals surface area contributed by atoms with Crippen molar-refractivity contribution >= 4 is 11.9 Å². The molecule has 146 valence electrons. The Balaban J connectivity index is 1.62. The van der Waals surface area contributed by atoms with Gasteiger partial charge in [0.05, 0.1) is 6.04 Å². The van der Waals surface area contributed by atoms with Gasteiger partial charge in [0.1, 0.15) is 5.82 Å². The standard InChI is InChI=1S/C21H23FN4O2/c1-24(2)21(28)26-12-16-11-25(20(27)14-6-8-23-9-7-14)13-18(16)19(26)15-4-3-5-17(22)10-15/h3-10,16,18-19H,11-13H2,1-2H3/t16-,18-,19+/m1/s1. The second-order valence-corrected chi connectivity index (χ2v) is 7.70. The lowest BCUT2D eigenvalue weighted by atomic mass is 9.89. The topological polar surface area (TPSA) is 56.8 Å². The van der Waals surface area contributed by atoms with Gasteiger partial charge < -0.3 is 14.7 Å². The first-order chi connectivity index (χ1) is 13.5. The molecule has 28 heavy (non-hydrogen) atoms. The molecule has 0 bridgehead atoms. The number of fused-ring (bicyclic) bond motifs is 1. The van der Waals surface area contributed by atoms with E-state index in [1.54, 1.807) is 49.6 Å². The van der Waals surface area contributed by atoms with Gasteiger partial charge in [0.15, 0.2) is 0 Å². The molecule has 6 nitrogen and oxygen atoms in total. The van der Waals surface area contributed by atoms with Crippen molar-refractivity contribution in [3.63, 3.8) is 0 Å². The Morgan fingerprint density at radius 2 is 1.86 bits per heavy atom. The maximum absolute atomic E-state index is 13.9. The summed E-state index contributed by atoms with van der Waals surface area (Å²) >= 11 is 0. The zero-order valence-corrected chi connectivity index (χ0v) is 16.0. The van der Waals surface area contributed by atoms with E-state index in [-0.39, 0.29) is 35.6 Å². The first-order valence-electron chi connectivity index (χ1n) is 9.38. The predicted octanol–water partition coefficient (Wildman–Crippen LogP) is 2.65. The maximum Gasteiger partial charge on any atom is 0.320 e. The first-order valence-corrected chi connectivity index (χ1v) is 9.38. The van der Waals surface area contributed by atoms with Gasteiger partial charge in [-0.05, 0) is 29.8 Å². The molecule has 0 aliphatic carbocycles. The van der Waals surface area contributed by atoms with Gasteiger partial charge in [-0.15, -0.1) is 0 Å². The number of urea groups is 1. The van der Waals surface area contributed by atoms with Crippen molar-refractivity contribution in [2.24, 2.45) is 11.8 Å². The summed E-state index contributed by atoms with van der Waals surface area (Å²) in [5, 5.41) is 0. The largest absolute Gasteiger partial charge is 0.338 e. The fourth-order valence-electron chi connectivity index (χ4n) is 4.46. The Bertz CT molecular complexity index is 889. The first kappa shape index (κ1) is 18.4. The molecular formula is C21H23FN4O2. The summed E-state index contributed by atoms with van der Waals surface area (Å²) in [5.74, 6) is -0.0966. The number of likely N-dealkylation sites (tertiary alicyclic amines) is 2. The summed E-state index contributed by atoms with van der Waals surface area (Å²) in [6.45, 7) is 1.70. The minimum atomic E-state index is -0.319. The summed E-state index contributed by atoms with van der Waals surface area (Å²) in [5.41, 5.74) is 1.39. The normalized spacial score (nSPS) is 23.6. The molecule has 0 radical (unpaired) electrons. The van der Waals surface area contributed by atoms with E-state index in [2.05, 4.69) is 4.98 Å². The Hall–Kier alpha value is -2.96. The van der Waals surface area contributed by atoms with Crippen LogP contribution < -0.4 is 0 Å². The second kappa shape index (κ2) is 7.22. The quantitative estimate of drug-likeness (QED) is 0.802. The summed E-state index contributed by atoms with van der Waals surface area (Å²) in [6, 6.07) is 9.52. The minimum Gasteiger partial charge on any atom is -0.338 e. The number of halogens is 1. The van der Waals surface area contributed by atoms with E-state index in [0.717, 1.165) is 5.56 Å². The number of hydrogen-bond acceptors (Lipinski definition) is 3. The second-order valence-electron chi connectivity index (χ2n) is 7.70. The fraction of sp³-hybridized carbons (Fsp3) is 0.381. The van der Waals surface area contributed by atoms with E-state index in [4.69, 9.17) is 0 Å². The van der Waals surface area contributed by atoms with Crippen LogP contribution in [0.25, 0.3) is 0 Å². The molecule has 2 fully saturated rings. The Kier molecular flexibility index (Phi) is 4.75.